The maximum atomic E-state index is 12.8. The highest BCUT2D eigenvalue weighted by Gasteiger charge is 2.24. The monoisotopic (exact) mass is 379 g/mol. The average molecular weight is 379 g/mol. The first-order chi connectivity index (χ1) is 13.3. The van der Waals surface area contributed by atoms with Gasteiger partial charge in [0.15, 0.2) is 0 Å². The van der Waals surface area contributed by atoms with Gasteiger partial charge < -0.3 is 14.2 Å². The quantitative estimate of drug-likeness (QED) is 0.637. The number of carbonyl (C=O) groups excluding carboxylic acids is 1. The average Bonchev–Trinajstić information content (AvgIpc) is 3.34. The molecule has 0 aliphatic carbocycles. The molecule has 5 nitrogen and oxygen atoms in total. The normalized spacial score (nSPS) is 17.0. The van der Waals surface area contributed by atoms with Gasteiger partial charge in [-0.2, -0.15) is 0 Å². The van der Waals surface area contributed by atoms with Crippen molar-refractivity contribution in [2.45, 2.75) is 25.8 Å². The molecule has 1 amide bonds. The predicted molar refractivity (Wildman–Crippen MR) is 106 cm³/mol. The molecule has 1 aliphatic rings. The minimum absolute atomic E-state index is 0.00978. The van der Waals surface area contributed by atoms with Gasteiger partial charge in [0.25, 0.3) is 0 Å². The van der Waals surface area contributed by atoms with Gasteiger partial charge in [-0.05, 0) is 47.4 Å². The first kappa shape index (κ1) is 17.7. The molecule has 1 aliphatic heterocycles. The standard InChI is InChI=1S/C21H21N3O2S/c25-21(6-5-20-4-2-12-27-20)24-13-18-3-1-11-23(18)14-19(15-24)26-16-17-7-9-22-10-8-17/h1-12,19H,13-16H2/b6-5+/t19-/m1/s1. The van der Waals surface area contributed by atoms with Crippen molar-refractivity contribution in [3.05, 3.63) is 82.6 Å². The fraction of sp³-hybridized carbons (Fsp3) is 0.238. The van der Waals surface area contributed by atoms with Gasteiger partial charge in [0.1, 0.15) is 0 Å². The van der Waals surface area contributed by atoms with E-state index in [0.717, 1.165) is 22.7 Å². The lowest BCUT2D eigenvalue weighted by Crippen LogP contribution is -2.36. The molecule has 0 aromatic carbocycles. The fourth-order valence-corrected chi connectivity index (χ4v) is 3.78. The topological polar surface area (TPSA) is 47.4 Å². The van der Waals surface area contributed by atoms with Crippen molar-refractivity contribution in [3.8, 4) is 0 Å². The van der Waals surface area contributed by atoms with Crippen LogP contribution in [0.2, 0.25) is 0 Å². The molecule has 3 aromatic heterocycles. The molecule has 0 radical (unpaired) electrons. The Morgan fingerprint density at radius 3 is 2.93 bits per heavy atom. The summed E-state index contributed by atoms with van der Waals surface area (Å²) >= 11 is 1.62. The predicted octanol–water partition coefficient (Wildman–Crippen LogP) is 3.59. The molecule has 0 bridgehead atoms. The lowest BCUT2D eigenvalue weighted by atomic mass is 10.2. The van der Waals surface area contributed by atoms with Gasteiger partial charge in [0, 0.05) is 41.8 Å². The van der Waals surface area contributed by atoms with Crippen LogP contribution in [0, 0.1) is 0 Å². The molecule has 0 unspecified atom stereocenters. The zero-order chi connectivity index (χ0) is 18.5. The lowest BCUT2D eigenvalue weighted by Gasteiger charge is -2.23. The van der Waals surface area contributed by atoms with E-state index in [1.54, 1.807) is 29.8 Å². The third-order valence-corrected chi connectivity index (χ3v) is 5.42. The molecule has 1 atom stereocenters. The molecule has 27 heavy (non-hydrogen) atoms. The SMILES string of the molecule is O=C(/C=C/c1cccs1)N1Cc2cccn2C[C@@H](OCc2ccncc2)C1. The number of carbonyl (C=O) groups is 1. The molecule has 0 spiro atoms. The Labute approximate surface area is 162 Å². The second-order valence-corrected chi connectivity index (χ2v) is 7.49. The van der Waals surface area contributed by atoms with E-state index in [1.807, 2.05) is 52.9 Å². The van der Waals surface area contributed by atoms with Crippen LogP contribution >= 0.6 is 11.3 Å². The molecule has 4 heterocycles. The van der Waals surface area contributed by atoms with Crippen molar-refractivity contribution < 1.29 is 9.53 Å². The van der Waals surface area contributed by atoms with Crippen molar-refractivity contribution in [2.24, 2.45) is 0 Å². The molecule has 0 N–H and O–H groups in total. The molecular formula is C21H21N3O2S. The third-order valence-electron chi connectivity index (χ3n) is 4.58. The molecule has 6 heteroatoms. The number of fused-ring (bicyclic) bond motifs is 1. The van der Waals surface area contributed by atoms with Gasteiger partial charge in [0.05, 0.1) is 25.8 Å². The largest absolute Gasteiger partial charge is 0.370 e. The second-order valence-electron chi connectivity index (χ2n) is 6.51. The van der Waals surface area contributed by atoms with E-state index in [9.17, 15) is 4.79 Å². The number of aromatic nitrogens is 2. The molecule has 0 saturated heterocycles. The number of pyridine rings is 1. The summed E-state index contributed by atoms with van der Waals surface area (Å²) in [5.74, 6) is 0.00978. The van der Waals surface area contributed by atoms with Crippen LogP contribution in [0.3, 0.4) is 0 Å². The van der Waals surface area contributed by atoms with Gasteiger partial charge in [0.2, 0.25) is 5.91 Å². The summed E-state index contributed by atoms with van der Waals surface area (Å²) in [6.07, 6.45) is 9.05. The number of ether oxygens (including phenoxy) is 1. The Bertz CT molecular complexity index is 903. The van der Waals surface area contributed by atoms with Gasteiger partial charge in [-0.15, -0.1) is 11.3 Å². The van der Waals surface area contributed by atoms with Crippen molar-refractivity contribution >= 4 is 23.3 Å². The van der Waals surface area contributed by atoms with E-state index >= 15 is 0 Å². The van der Waals surface area contributed by atoms with Crippen LogP contribution in [0.1, 0.15) is 16.1 Å². The maximum absolute atomic E-state index is 12.8. The Balaban J connectivity index is 1.47. The summed E-state index contributed by atoms with van der Waals surface area (Å²) in [7, 11) is 0. The molecular weight excluding hydrogens is 358 g/mol. The zero-order valence-corrected chi connectivity index (χ0v) is 15.7. The molecule has 3 aromatic rings. The summed E-state index contributed by atoms with van der Waals surface area (Å²) in [4.78, 5) is 19.7. The first-order valence-electron chi connectivity index (χ1n) is 8.93. The molecule has 4 rings (SSSR count). The Morgan fingerprint density at radius 2 is 2.11 bits per heavy atom. The Kier molecular flexibility index (Phi) is 5.46. The van der Waals surface area contributed by atoms with E-state index in [1.165, 1.54) is 0 Å². The smallest absolute Gasteiger partial charge is 0.247 e. The number of amides is 1. The number of thiophene rings is 1. The summed E-state index contributed by atoms with van der Waals surface area (Å²) in [6.45, 7) is 2.42. The van der Waals surface area contributed by atoms with E-state index < -0.39 is 0 Å². The van der Waals surface area contributed by atoms with Crippen molar-refractivity contribution in [3.63, 3.8) is 0 Å². The van der Waals surface area contributed by atoms with Crippen LogP contribution in [0.4, 0.5) is 0 Å². The van der Waals surface area contributed by atoms with Crippen molar-refractivity contribution in [1.82, 2.24) is 14.5 Å². The van der Waals surface area contributed by atoms with Crippen LogP contribution < -0.4 is 0 Å². The highest BCUT2D eigenvalue weighted by Crippen LogP contribution is 2.18. The minimum Gasteiger partial charge on any atom is -0.370 e. The lowest BCUT2D eigenvalue weighted by molar-refractivity contribution is -0.128. The minimum atomic E-state index is -0.0640. The van der Waals surface area contributed by atoms with Crippen LogP contribution in [0.15, 0.2) is 66.4 Å². The summed E-state index contributed by atoms with van der Waals surface area (Å²) in [6, 6.07) is 12.0. The summed E-state index contributed by atoms with van der Waals surface area (Å²) < 4.78 is 8.32. The van der Waals surface area contributed by atoms with Gasteiger partial charge in [-0.3, -0.25) is 9.78 Å². The van der Waals surface area contributed by atoms with Gasteiger partial charge in [-0.25, -0.2) is 0 Å². The number of nitrogens with zero attached hydrogens (tertiary/aromatic N) is 3. The Morgan fingerprint density at radius 1 is 1.22 bits per heavy atom. The van der Waals surface area contributed by atoms with Crippen LogP contribution in [-0.2, 0) is 29.2 Å². The van der Waals surface area contributed by atoms with Crippen LogP contribution in [-0.4, -0.2) is 33.0 Å². The maximum Gasteiger partial charge on any atom is 0.247 e. The highest BCUT2D eigenvalue weighted by molar-refractivity contribution is 7.10. The number of hydrogen-bond donors (Lipinski definition) is 0. The van der Waals surface area contributed by atoms with E-state index in [4.69, 9.17) is 4.74 Å². The molecule has 0 saturated carbocycles. The van der Waals surface area contributed by atoms with E-state index in [0.29, 0.717) is 19.7 Å². The van der Waals surface area contributed by atoms with Gasteiger partial charge >= 0.3 is 0 Å². The van der Waals surface area contributed by atoms with Crippen LogP contribution in [0.25, 0.3) is 6.08 Å². The highest BCUT2D eigenvalue weighted by atomic mass is 32.1. The zero-order valence-electron chi connectivity index (χ0n) is 14.9. The molecule has 138 valence electrons. The second kappa shape index (κ2) is 8.33. The van der Waals surface area contributed by atoms with Gasteiger partial charge in [-0.1, -0.05) is 6.07 Å². The molecule has 0 fully saturated rings. The third kappa shape index (κ3) is 4.53. The summed E-state index contributed by atoms with van der Waals surface area (Å²) in [5.41, 5.74) is 2.21. The van der Waals surface area contributed by atoms with Crippen molar-refractivity contribution in [1.29, 1.82) is 0 Å². The van der Waals surface area contributed by atoms with E-state index in [-0.39, 0.29) is 12.0 Å². The first-order valence-corrected chi connectivity index (χ1v) is 9.81. The fourth-order valence-electron chi connectivity index (χ4n) is 3.17. The summed E-state index contributed by atoms with van der Waals surface area (Å²) in [5, 5.41) is 2.01. The Hall–Kier alpha value is -2.70. The number of rotatable bonds is 5. The van der Waals surface area contributed by atoms with E-state index in [2.05, 4.69) is 15.6 Å². The van der Waals surface area contributed by atoms with Crippen LogP contribution in [0.5, 0.6) is 0 Å². The number of hydrogen-bond acceptors (Lipinski definition) is 4. The van der Waals surface area contributed by atoms with Crippen molar-refractivity contribution in [2.75, 3.05) is 6.54 Å².